The molecule has 206 valence electrons. The summed E-state index contributed by atoms with van der Waals surface area (Å²) < 4.78 is 2.09. The molecule has 1 aliphatic heterocycles. The fourth-order valence-electron chi connectivity index (χ4n) is 5.78. The molecule has 2 aromatic carbocycles. The lowest BCUT2D eigenvalue weighted by Gasteiger charge is -2.33. The van der Waals surface area contributed by atoms with E-state index in [1.54, 1.807) is 0 Å². The first-order valence-corrected chi connectivity index (χ1v) is 14.1. The highest BCUT2D eigenvalue weighted by Crippen LogP contribution is 2.21. The van der Waals surface area contributed by atoms with E-state index in [2.05, 4.69) is 15.2 Å². The van der Waals surface area contributed by atoms with Crippen LogP contribution in [0.3, 0.4) is 0 Å². The van der Waals surface area contributed by atoms with Crippen LogP contribution in [-0.4, -0.2) is 57.4 Å². The molecule has 2 fully saturated rings. The molecule has 5 rings (SSSR count). The van der Waals surface area contributed by atoms with Crippen molar-refractivity contribution in [2.45, 2.75) is 69.9 Å². The average molecular weight is 530 g/mol. The molecule has 9 nitrogen and oxygen atoms in total. The Bertz CT molecular complexity index is 1330. The number of rotatable bonds is 7. The number of piperidine rings is 1. The average Bonchev–Trinajstić information content (AvgIpc) is 3.27. The number of aryl methyl sites for hydroxylation is 3. The van der Waals surface area contributed by atoms with Crippen LogP contribution in [0.25, 0.3) is 11.0 Å². The molecule has 1 aromatic heterocycles. The topological polar surface area (TPSA) is 129 Å². The third-order valence-corrected chi connectivity index (χ3v) is 8.18. The minimum Gasteiger partial charge on any atom is -0.384 e. The van der Waals surface area contributed by atoms with Crippen LogP contribution in [0.15, 0.2) is 42.5 Å². The van der Waals surface area contributed by atoms with Gasteiger partial charge in [0.1, 0.15) is 11.7 Å². The number of nitrogen functional groups attached to an aromatic ring is 1. The van der Waals surface area contributed by atoms with Crippen LogP contribution in [0.5, 0.6) is 0 Å². The highest BCUT2D eigenvalue weighted by molar-refractivity contribution is 5.97. The summed E-state index contributed by atoms with van der Waals surface area (Å²) >= 11 is 0. The molecule has 1 saturated carbocycles. The van der Waals surface area contributed by atoms with E-state index in [4.69, 9.17) is 16.1 Å². The number of nitrogens with zero attached hydrogens (tertiary/aromatic N) is 3. The zero-order valence-electron chi connectivity index (χ0n) is 22.7. The zero-order chi connectivity index (χ0) is 27.4. The highest BCUT2D eigenvalue weighted by atomic mass is 16.2. The molecule has 2 aliphatic rings. The molecule has 2 heterocycles. The Labute approximate surface area is 229 Å². The number of hydrogen-bond donors (Lipinski definition) is 4. The number of nitrogens with two attached hydrogens (primary N) is 1. The first-order valence-electron chi connectivity index (χ1n) is 14.1. The fourth-order valence-corrected chi connectivity index (χ4v) is 5.78. The van der Waals surface area contributed by atoms with Gasteiger partial charge >= 0.3 is 6.03 Å². The number of amides is 3. The zero-order valence-corrected chi connectivity index (χ0v) is 22.7. The Morgan fingerprint density at radius 3 is 2.23 bits per heavy atom. The maximum Gasteiger partial charge on any atom is 0.315 e. The molecule has 0 unspecified atom stereocenters. The van der Waals surface area contributed by atoms with E-state index >= 15 is 0 Å². The summed E-state index contributed by atoms with van der Waals surface area (Å²) in [6, 6.07) is 13.8. The number of nitrogens with one attached hydrogen (secondary N) is 3. The molecule has 1 aliphatic carbocycles. The normalized spacial score (nSPS) is 16.8. The van der Waals surface area contributed by atoms with Crippen molar-refractivity contribution in [1.82, 2.24) is 25.1 Å². The lowest BCUT2D eigenvalue weighted by atomic mass is 9.96. The molecule has 9 heteroatoms. The molecule has 5 N–H and O–H groups in total. The van der Waals surface area contributed by atoms with E-state index in [0.717, 1.165) is 66.5 Å². The van der Waals surface area contributed by atoms with Gasteiger partial charge < -0.3 is 25.8 Å². The van der Waals surface area contributed by atoms with Crippen LogP contribution >= 0.6 is 0 Å². The smallest absolute Gasteiger partial charge is 0.315 e. The van der Waals surface area contributed by atoms with Crippen LogP contribution in [0.2, 0.25) is 0 Å². The van der Waals surface area contributed by atoms with Crippen LogP contribution in [0.1, 0.15) is 72.3 Å². The number of urea groups is 1. The van der Waals surface area contributed by atoms with Gasteiger partial charge in [-0.1, -0.05) is 43.5 Å². The molecule has 0 bridgehead atoms. The molecule has 0 radical (unpaired) electrons. The largest absolute Gasteiger partial charge is 0.384 e. The predicted molar refractivity (Wildman–Crippen MR) is 153 cm³/mol. The summed E-state index contributed by atoms with van der Waals surface area (Å²) in [5.74, 6) is 1.05. The number of hydrogen-bond acceptors (Lipinski definition) is 4. The Balaban J connectivity index is 1.15. The van der Waals surface area contributed by atoms with E-state index in [9.17, 15) is 9.59 Å². The fraction of sp³-hybridized carbons (Fsp3) is 0.467. The third-order valence-electron chi connectivity index (χ3n) is 8.18. The van der Waals surface area contributed by atoms with Gasteiger partial charge in [-0.3, -0.25) is 10.2 Å². The van der Waals surface area contributed by atoms with Crippen molar-refractivity contribution in [2.24, 2.45) is 12.8 Å². The lowest BCUT2D eigenvalue weighted by molar-refractivity contribution is 0.0708. The van der Waals surface area contributed by atoms with Gasteiger partial charge in [0.05, 0.1) is 11.0 Å². The monoisotopic (exact) mass is 529 g/mol. The number of amidine groups is 1. The third kappa shape index (κ3) is 6.41. The van der Waals surface area contributed by atoms with Gasteiger partial charge in [-0.25, -0.2) is 9.78 Å². The maximum atomic E-state index is 13.3. The summed E-state index contributed by atoms with van der Waals surface area (Å²) in [6.07, 6.45) is 8.88. The maximum absolute atomic E-state index is 13.3. The molecule has 39 heavy (non-hydrogen) atoms. The van der Waals surface area contributed by atoms with Crippen LogP contribution in [-0.2, 0) is 19.9 Å². The van der Waals surface area contributed by atoms with Crippen LogP contribution in [0.4, 0.5) is 4.79 Å². The van der Waals surface area contributed by atoms with Crippen molar-refractivity contribution in [3.63, 3.8) is 0 Å². The van der Waals surface area contributed by atoms with E-state index in [1.165, 1.54) is 19.3 Å². The van der Waals surface area contributed by atoms with Gasteiger partial charge in [0.15, 0.2) is 0 Å². The van der Waals surface area contributed by atoms with Crippen molar-refractivity contribution >= 4 is 28.8 Å². The number of benzene rings is 2. The van der Waals surface area contributed by atoms with Gasteiger partial charge in [0.2, 0.25) is 0 Å². The van der Waals surface area contributed by atoms with Gasteiger partial charge in [-0.15, -0.1) is 0 Å². The molecule has 0 spiro atoms. The van der Waals surface area contributed by atoms with Crippen LogP contribution in [0, 0.1) is 5.41 Å². The van der Waals surface area contributed by atoms with Crippen molar-refractivity contribution in [3.8, 4) is 0 Å². The highest BCUT2D eigenvalue weighted by Gasteiger charge is 2.26. The summed E-state index contributed by atoms with van der Waals surface area (Å²) in [7, 11) is 2.01. The Kier molecular flexibility index (Phi) is 8.14. The van der Waals surface area contributed by atoms with Crippen molar-refractivity contribution < 1.29 is 9.59 Å². The van der Waals surface area contributed by atoms with E-state index < -0.39 is 0 Å². The Morgan fingerprint density at radius 1 is 0.923 bits per heavy atom. The Hall–Kier alpha value is -3.88. The standard InChI is InChI=1S/C30H39N7O2/c1-36-26-13-12-22(19-25(26)35-27(36)14-9-20-7-10-21(11-8-20)28(31)32)29(38)37-17-15-24(16-18-37)34-30(39)33-23-5-3-2-4-6-23/h7-8,10-13,19,23-24H,2-6,9,14-18H2,1H3,(H3,31,32)(H2,33,34,39). The van der Waals surface area contributed by atoms with Crippen LogP contribution < -0.4 is 16.4 Å². The molecular formula is C30H39N7O2. The number of imidazole rings is 1. The lowest BCUT2D eigenvalue weighted by Crippen LogP contribution is -2.51. The summed E-state index contributed by atoms with van der Waals surface area (Å²) in [4.78, 5) is 32.4. The van der Waals surface area contributed by atoms with E-state index in [0.29, 0.717) is 24.7 Å². The van der Waals surface area contributed by atoms with E-state index in [1.807, 2.05) is 54.4 Å². The molecule has 3 amide bonds. The molecule has 0 atom stereocenters. The summed E-state index contributed by atoms with van der Waals surface area (Å²) in [5, 5.41) is 13.8. The minimum absolute atomic E-state index is 0.0137. The van der Waals surface area contributed by atoms with Crippen molar-refractivity contribution in [2.75, 3.05) is 13.1 Å². The van der Waals surface area contributed by atoms with Gasteiger partial charge in [0.25, 0.3) is 5.91 Å². The molecular weight excluding hydrogens is 490 g/mol. The number of carbonyl (C=O) groups excluding carboxylic acids is 2. The quantitative estimate of drug-likeness (QED) is 0.273. The van der Waals surface area contributed by atoms with E-state index in [-0.39, 0.29) is 23.8 Å². The van der Waals surface area contributed by atoms with Crippen molar-refractivity contribution in [1.29, 1.82) is 5.41 Å². The first-order chi connectivity index (χ1) is 18.9. The second-order valence-corrected chi connectivity index (χ2v) is 10.9. The number of aromatic nitrogens is 2. The second-order valence-electron chi connectivity index (χ2n) is 10.9. The summed E-state index contributed by atoms with van der Waals surface area (Å²) in [6.45, 7) is 1.25. The second kappa shape index (κ2) is 11.9. The van der Waals surface area contributed by atoms with Crippen molar-refractivity contribution in [3.05, 3.63) is 65.0 Å². The molecule has 3 aromatic rings. The SMILES string of the molecule is Cn1c(CCc2ccc(C(=N)N)cc2)nc2cc(C(=O)N3CCC(NC(=O)NC4CCCCC4)CC3)ccc21. The first kappa shape index (κ1) is 26.7. The minimum atomic E-state index is -0.0730. The van der Waals surface area contributed by atoms with Gasteiger partial charge in [0, 0.05) is 49.8 Å². The number of likely N-dealkylation sites (tertiary alicyclic amines) is 1. The van der Waals surface area contributed by atoms with Gasteiger partial charge in [-0.05, 0) is 55.9 Å². The Morgan fingerprint density at radius 2 is 1.56 bits per heavy atom. The van der Waals surface area contributed by atoms with Gasteiger partial charge in [-0.2, -0.15) is 0 Å². The molecule has 1 saturated heterocycles. The summed E-state index contributed by atoms with van der Waals surface area (Å²) in [5.41, 5.74) is 9.90. The number of fused-ring (bicyclic) bond motifs is 1. The number of carbonyl (C=O) groups is 2. The predicted octanol–water partition coefficient (Wildman–Crippen LogP) is 3.88.